The van der Waals surface area contributed by atoms with Gasteiger partial charge in [0.05, 0.1) is 6.04 Å². The molecule has 3 rings (SSSR count). The molecule has 1 unspecified atom stereocenters. The molecule has 0 bridgehead atoms. The lowest BCUT2D eigenvalue weighted by Gasteiger charge is -2.25. The van der Waals surface area contributed by atoms with Crippen LogP contribution in [-0.4, -0.2) is 0 Å². The number of hydrogen-bond donors (Lipinski definition) is 1. The first-order valence-electron chi connectivity index (χ1n) is 6.64. The van der Waals surface area contributed by atoms with E-state index >= 15 is 0 Å². The lowest BCUT2D eigenvalue weighted by atomic mass is 9.93. The molecule has 1 atom stereocenters. The number of benzene rings is 1. The summed E-state index contributed by atoms with van der Waals surface area (Å²) in [6.45, 7) is 4.34. The molecule has 0 saturated heterocycles. The summed E-state index contributed by atoms with van der Waals surface area (Å²) in [7, 11) is 0. The maximum atomic E-state index is 3.70. The zero-order valence-corrected chi connectivity index (χ0v) is 11.8. The Morgan fingerprint density at radius 2 is 2.06 bits per heavy atom. The van der Waals surface area contributed by atoms with Gasteiger partial charge in [-0.3, -0.25) is 0 Å². The summed E-state index contributed by atoms with van der Waals surface area (Å²) in [6.07, 6.45) is 3.81. The predicted octanol–water partition coefficient (Wildman–Crippen LogP) is 4.85. The van der Waals surface area contributed by atoms with E-state index in [0.717, 1.165) is 0 Å². The van der Waals surface area contributed by atoms with Gasteiger partial charge in [-0.1, -0.05) is 6.07 Å². The average Bonchev–Trinajstić information content (AvgIpc) is 2.83. The van der Waals surface area contributed by atoms with Gasteiger partial charge in [0.25, 0.3) is 0 Å². The Balaban J connectivity index is 1.84. The molecular weight excluding hydrogens is 238 g/mol. The van der Waals surface area contributed by atoms with E-state index in [1.165, 1.54) is 41.6 Å². The SMILES string of the molecule is Cc1ccc(NC2CCCc3sccc32)cc1C. The molecule has 1 N–H and O–H groups in total. The maximum absolute atomic E-state index is 3.70. The first kappa shape index (κ1) is 11.8. The molecule has 1 heterocycles. The van der Waals surface area contributed by atoms with Gasteiger partial charge in [0.15, 0.2) is 0 Å². The number of rotatable bonds is 2. The van der Waals surface area contributed by atoms with E-state index in [2.05, 4.69) is 48.8 Å². The molecule has 1 nitrogen and oxygen atoms in total. The number of hydrogen-bond acceptors (Lipinski definition) is 2. The van der Waals surface area contributed by atoms with Crippen LogP contribution < -0.4 is 5.32 Å². The highest BCUT2D eigenvalue weighted by atomic mass is 32.1. The second-order valence-corrected chi connectivity index (χ2v) is 6.19. The van der Waals surface area contributed by atoms with Crippen molar-refractivity contribution in [3.05, 3.63) is 51.2 Å². The third-order valence-electron chi connectivity index (χ3n) is 3.90. The fourth-order valence-corrected chi connectivity index (χ4v) is 3.66. The second-order valence-electron chi connectivity index (χ2n) is 5.19. The van der Waals surface area contributed by atoms with Crippen LogP contribution in [0.3, 0.4) is 0 Å². The molecule has 0 amide bonds. The summed E-state index contributed by atoms with van der Waals surface area (Å²) < 4.78 is 0. The molecule has 1 aromatic carbocycles. The van der Waals surface area contributed by atoms with Crippen LogP contribution in [0, 0.1) is 13.8 Å². The monoisotopic (exact) mass is 257 g/mol. The number of anilines is 1. The van der Waals surface area contributed by atoms with Crippen molar-refractivity contribution in [1.82, 2.24) is 0 Å². The summed E-state index contributed by atoms with van der Waals surface area (Å²) in [4.78, 5) is 1.57. The van der Waals surface area contributed by atoms with Crippen molar-refractivity contribution in [3.8, 4) is 0 Å². The van der Waals surface area contributed by atoms with Crippen LogP contribution in [0.5, 0.6) is 0 Å². The highest BCUT2D eigenvalue weighted by Crippen LogP contribution is 2.35. The third-order valence-corrected chi connectivity index (χ3v) is 4.90. The molecule has 0 aliphatic heterocycles. The first-order chi connectivity index (χ1) is 8.74. The van der Waals surface area contributed by atoms with Gasteiger partial charge in [-0.15, -0.1) is 11.3 Å². The van der Waals surface area contributed by atoms with Crippen LogP contribution in [0.4, 0.5) is 5.69 Å². The lowest BCUT2D eigenvalue weighted by molar-refractivity contribution is 0.609. The minimum Gasteiger partial charge on any atom is -0.378 e. The number of aryl methyl sites for hydroxylation is 3. The second kappa shape index (κ2) is 4.77. The van der Waals surface area contributed by atoms with Crippen LogP contribution in [0.15, 0.2) is 29.6 Å². The maximum Gasteiger partial charge on any atom is 0.0524 e. The van der Waals surface area contributed by atoms with E-state index in [-0.39, 0.29) is 0 Å². The van der Waals surface area contributed by atoms with Crippen molar-refractivity contribution in [2.45, 2.75) is 39.2 Å². The fourth-order valence-electron chi connectivity index (χ4n) is 2.67. The van der Waals surface area contributed by atoms with E-state index in [1.807, 2.05) is 11.3 Å². The van der Waals surface area contributed by atoms with Crippen molar-refractivity contribution in [2.75, 3.05) is 5.32 Å². The minimum atomic E-state index is 0.502. The summed E-state index contributed by atoms with van der Waals surface area (Å²) in [5, 5.41) is 5.93. The molecule has 1 aliphatic rings. The van der Waals surface area contributed by atoms with Gasteiger partial charge >= 0.3 is 0 Å². The predicted molar refractivity (Wildman–Crippen MR) is 79.5 cm³/mol. The minimum absolute atomic E-state index is 0.502. The standard InChI is InChI=1S/C16H19NS/c1-11-6-7-13(10-12(11)2)17-15-4-3-5-16-14(15)8-9-18-16/h6-10,15,17H,3-5H2,1-2H3. The van der Waals surface area contributed by atoms with E-state index in [1.54, 1.807) is 4.88 Å². The summed E-state index contributed by atoms with van der Waals surface area (Å²) in [5.74, 6) is 0. The van der Waals surface area contributed by atoms with Crippen LogP contribution in [0.2, 0.25) is 0 Å². The van der Waals surface area contributed by atoms with Crippen LogP contribution >= 0.6 is 11.3 Å². The Bertz CT molecular complexity index is 556. The quantitative estimate of drug-likeness (QED) is 0.810. The highest BCUT2D eigenvalue weighted by Gasteiger charge is 2.20. The van der Waals surface area contributed by atoms with E-state index in [4.69, 9.17) is 0 Å². The van der Waals surface area contributed by atoms with Crippen LogP contribution in [-0.2, 0) is 6.42 Å². The smallest absolute Gasteiger partial charge is 0.0524 e. The highest BCUT2D eigenvalue weighted by molar-refractivity contribution is 7.10. The molecule has 18 heavy (non-hydrogen) atoms. The van der Waals surface area contributed by atoms with Crippen LogP contribution in [0.25, 0.3) is 0 Å². The molecule has 0 radical (unpaired) electrons. The Morgan fingerprint density at radius 3 is 2.89 bits per heavy atom. The summed E-state index contributed by atoms with van der Waals surface area (Å²) >= 11 is 1.91. The lowest BCUT2D eigenvalue weighted by Crippen LogP contribution is -2.15. The molecule has 1 aromatic heterocycles. The molecule has 1 aliphatic carbocycles. The normalized spacial score (nSPS) is 18.4. The molecule has 0 spiro atoms. The topological polar surface area (TPSA) is 12.0 Å². The van der Waals surface area contributed by atoms with Gasteiger partial charge in [0.2, 0.25) is 0 Å². The van der Waals surface area contributed by atoms with Crippen molar-refractivity contribution in [1.29, 1.82) is 0 Å². The Hall–Kier alpha value is -1.28. The number of fused-ring (bicyclic) bond motifs is 1. The molecular formula is C16H19NS. The molecule has 2 aromatic rings. The largest absolute Gasteiger partial charge is 0.378 e. The van der Waals surface area contributed by atoms with E-state index in [0.29, 0.717) is 6.04 Å². The zero-order valence-electron chi connectivity index (χ0n) is 11.0. The van der Waals surface area contributed by atoms with Gasteiger partial charge in [-0.05, 0) is 73.4 Å². The summed E-state index contributed by atoms with van der Waals surface area (Å²) in [6, 6.07) is 9.45. The molecule has 2 heteroatoms. The number of thiophene rings is 1. The van der Waals surface area contributed by atoms with Gasteiger partial charge < -0.3 is 5.32 Å². The summed E-state index contributed by atoms with van der Waals surface area (Å²) in [5.41, 5.74) is 5.49. The van der Waals surface area contributed by atoms with Gasteiger partial charge in [-0.25, -0.2) is 0 Å². The fraction of sp³-hybridized carbons (Fsp3) is 0.375. The molecule has 0 saturated carbocycles. The van der Waals surface area contributed by atoms with Crippen molar-refractivity contribution in [2.24, 2.45) is 0 Å². The van der Waals surface area contributed by atoms with Gasteiger partial charge in [0.1, 0.15) is 0 Å². The molecule has 94 valence electrons. The average molecular weight is 257 g/mol. The molecule has 0 fully saturated rings. The van der Waals surface area contributed by atoms with Gasteiger partial charge in [-0.2, -0.15) is 0 Å². The number of nitrogens with one attached hydrogen (secondary N) is 1. The van der Waals surface area contributed by atoms with Crippen molar-refractivity contribution < 1.29 is 0 Å². The van der Waals surface area contributed by atoms with E-state index < -0.39 is 0 Å². The van der Waals surface area contributed by atoms with Crippen molar-refractivity contribution in [3.63, 3.8) is 0 Å². The zero-order chi connectivity index (χ0) is 12.5. The van der Waals surface area contributed by atoms with Crippen molar-refractivity contribution >= 4 is 17.0 Å². The van der Waals surface area contributed by atoms with Gasteiger partial charge in [0, 0.05) is 10.6 Å². The Morgan fingerprint density at radius 1 is 1.17 bits per heavy atom. The van der Waals surface area contributed by atoms with Crippen LogP contribution in [0.1, 0.15) is 40.5 Å². The first-order valence-corrected chi connectivity index (χ1v) is 7.52. The third kappa shape index (κ3) is 2.17. The Labute approximate surface area is 113 Å². The van der Waals surface area contributed by atoms with E-state index in [9.17, 15) is 0 Å². The Kier molecular flexibility index (Phi) is 3.13.